The van der Waals surface area contributed by atoms with Crippen molar-refractivity contribution in [1.82, 2.24) is 5.32 Å². The van der Waals surface area contributed by atoms with Gasteiger partial charge in [-0.15, -0.1) is 11.3 Å². The van der Waals surface area contributed by atoms with E-state index in [1.54, 1.807) is 23.5 Å². The number of hydrogen-bond acceptors (Lipinski definition) is 5. The van der Waals surface area contributed by atoms with Crippen molar-refractivity contribution in [2.45, 2.75) is 26.2 Å². The molecule has 0 saturated heterocycles. The molecule has 2 aromatic rings. The third-order valence-electron chi connectivity index (χ3n) is 3.82. The Morgan fingerprint density at radius 1 is 1.57 bits per heavy atom. The van der Waals surface area contributed by atoms with E-state index in [0.29, 0.717) is 16.5 Å². The van der Waals surface area contributed by atoms with E-state index in [2.05, 4.69) is 23.6 Å². The molecule has 0 bridgehead atoms. The van der Waals surface area contributed by atoms with Crippen LogP contribution in [0.15, 0.2) is 22.8 Å². The number of carbonyl (C=O) groups excluding carboxylic acids is 1. The van der Waals surface area contributed by atoms with Gasteiger partial charge in [0, 0.05) is 4.88 Å². The normalized spacial score (nSPS) is 16.3. The number of thiophene rings is 1. The van der Waals surface area contributed by atoms with Crippen molar-refractivity contribution in [2.75, 3.05) is 5.32 Å². The third kappa shape index (κ3) is 3.28. The van der Waals surface area contributed by atoms with Crippen LogP contribution in [0.1, 0.15) is 39.9 Å². The molecule has 7 heteroatoms. The van der Waals surface area contributed by atoms with E-state index in [0.717, 1.165) is 24.8 Å². The average Bonchev–Trinajstić information content (AvgIpc) is 3.13. The molecular formula is C16H15N3O2S2. The first kappa shape index (κ1) is 15.7. The van der Waals surface area contributed by atoms with Crippen LogP contribution in [-0.4, -0.2) is 11.0 Å². The van der Waals surface area contributed by atoms with Crippen LogP contribution in [0.25, 0.3) is 0 Å². The number of nitrogens with zero attached hydrogens (tertiary/aromatic N) is 1. The van der Waals surface area contributed by atoms with Gasteiger partial charge in [0.2, 0.25) is 0 Å². The van der Waals surface area contributed by atoms with Gasteiger partial charge in [-0.2, -0.15) is 5.26 Å². The predicted octanol–water partition coefficient (Wildman–Crippen LogP) is 3.46. The molecule has 0 aromatic carbocycles. The summed E-state index contributed by atoms with van der Waals surface area (Å²) in [6.07, 6.45) is 4.43. The first-order valence-electron chi connectivity index (χ1n) is 7.29. The van der Waals surface area contributed by atoms with Gasteiger partial charge in [-0.1, -0.05) is 6.92 Å². The van der Waals surface area contributed by atoms with Gasteiger partial charge in [-0.05, 0) is 55.1 Å². The molecule has 0 spiro atoms. The smallest absolute Gasteiger partial charge is 0.293 e. The monoisotopic (exact) mass is 345 g/mol. The first-order chi connectivity index (χ1) is 11.1. The van der Waals surface area contributed by atoms with E-state index in [1.165, 1.54) is 11.1 Å². The summed E-state index contributed by atoms with van der Waals surface area (Å²) >= 11 is 6.72. The molecular weight excluding hydrogens is 330 g/mol. The number of carbonyl (C=O) groups is 1. The molecule has 2 heterocycles. The minimum Gasteiger partial charge on any atom is -0.459 e. The molecule has 2 N–H and O–H groups in total. The van der Waals surface area contributed by atoms with Crippen LogP contribution in [-0.2, 0) is 12.8 Å². The van der Waals surface area contributed by atoms with Crippen LogP contribution in [0.4, 0.5) is 5.00 Å². The van der Waals surface area contributed by atoms with Gasteiger partial charge >= 0.3 is 0 Å². The van der Waals surface area contributed by atoms with E-state index in [9.17, 15) is 10.1 Å². The summed E-state index contributed by atoms with van der Waals surface area (Å²) in [7, 11) is 0. The fraction of sp³-hybridized carbons (Fsp3) is 0.312. The van der Waals surface area contributed by atoms with Crippen LogP contribution in [0.5, 0.6) is 0 Å². The van der Waals surface area contributed by atoms with Crippen LogP contribution in [0.3, 0.4) is 0 Å². The molecule has 0 radical (unpaired) electrons. The number of fused-ring (bicyclic) bond motifs is 1. The van der Waals surface area contributed by atoms with Gasteiger partial charge in [0.25, 0.3) is 5.91 Å². The SMILES string of the molecule is CC1CCc2c(sc(NC(=S)NC(=O)c3ccco3)c2C#N)C1. The number of thiocarbonyl (C=S) groups is 1. The minimum absolute atomic E-state index is 0.162. The molecule has 23 heavy (non-hydrogen) atoms. The molecule has 1 aliphatic rings. The summed E-state index contributed by atoms with van der Waals surface area (Å²) in [6, 6.07) is 5.45. The fourth-order valence-electron chi connectivity index (χ4n) is 2.66. The highest BCUT2D eigenvalue weighted by Crippen LogP contribution is 2.39. The Labute approximate surface area is 143 Å². The Balaban J connectivity index is 1.74. The summed E-state index contributed by atoms with van der Waals surface area (Å²) in [4.78, 5) is 13.1. The highest BCUT2D eigenvalue weighted by Gasteiger charge is 2.24. The van der Waals surface area contributed by atoms with Crippen molar-refractivity contribution in [2.24, 2.45) is 5.92 Å². The molecule has 1 atom stereocenters. The van der Waals surface area contributed by atoms with Crippen molar-refractivity contribution in [3.8, 4) is 6.07 Å². The van der Waals surface area contributed by atoms with Crippen LogP contribution in [0.2, 0.25) is 0 Å². The number of nitriles is 1. The zero-order valence-corrected chi connectivity index (χ0v) is 14.1. The summed E-state index contributed by atoms with van der Waals surface area (Å²) in [6.45, 7) is 2.22. The number of nitrogens with one attached hydrogen (secondary N) is 2. The molecule has 1 amide bonds. The Hall–Kier alpha value is -2.17. The highest BCUT2D eigenvalue weighted by molar-refractivity contribution is 7.80. The van der Waals surface area contributed by atoms with Crippen molar-refractivity contribution < 1.29 is 9.21 Å². The Kier molecular flexibility index (Phi) is 4.46. The second-order valence-electron chi connectivity index (χ2n) is 5.55. The zero-order chi connectivity index (χ0) is 16.4. The summed E-state index contributed by atoms with van der Waals surface area (Å²) in [5.74, 6) is 0.404. The van der Waals surface area contributed by atoms with E-state index in [1.807, 2.05) is 0 Å². The molecule has 0 fully saturated rings. The summed E-state index contributed by atoms with van der Waals surface area (Å²) in [5, 5.41) is 15.8. The van der Waals surface area contributed by atoms with E-state index in [-0.39, 0.29) is 10.9 Å². The van der Waals surface area contributed by atoms with Gasteiger partial charge in [-0.3, -0.25) is 10.1 Å². The number of hydrogen-bond donors (Lipinski definition) is 2. The Bertz CT molecular complexity index is 787. The molecule has 3 rings (SSSR count). The third-order valence-corrected chi connectivity index (χ3v) is 5.20. The lowest BCUT2D eigenvalue weighted by molar-refractivity contribution is 0.0950. The topological polar surface area (TPSA) is 78.1 Å². The maximum absolute atomic E-state index is 11.9. The highest BCUT2D eigenvalue weighted by atomic mass is 32.1. The van der Waals surface area contributed by atoms with Crippen molar-refractivity contribution in [3.05, 3.63) is 40.2 Å². The first-order valence-corrected chi connectivity index (χ1v) is 8.51. The molecule has 2 aromatic heterocycles. The maximum Gasteiger partial charge on any atom is 0.293 e. The average molecular weight is 345 g/mol. The van der Waals surface area contributed by atoms with Crippen molar-refractivity contribution >= 4 is 39.6 Å². The quantitative estimate of drug-likeness (QED) is 0.815. The number of furan rings is 1. The summed E-state index contributed by atoms with van der Waals surface area (Å²) in [5.41, 5.74) is 1.77. The van der Waals surface area contributed by atoms with E-state index < -0.39 is 5.91 Å². The van der Waals surface area contributed by atoms with Crippen LogP contribution in [0, 0.1) is 17.2 Å². The van der Waals surface area contributed by atoms with E-state index >= 15 is 0 Å². The van der Waals surface area contributed by atoms with E-state index in [4.69, 9.17) is 16.6 Å². The molecule has 1 aliphatic carbocycles. The fourth-order valence-corrected chi connectivity index (χ4v) is 4.29. The molecule has 118 valence electrons. The zero-order valence-electron chi connectivity index (χ0n) is 12.5. The minimum atomic E-state index is -0.416. The maximum atomic E-state index is 11.9. The predicted molar refractivity (Wildman–Crippen MR) is 92.6 cm³/mol. The van der Waals surface area contributed by atoms with Crippen molar-refractivity contribution in [3.63, 3.8) is 0 Å². The largest absolute Gasteiger partial charge is 0.459 e. The molecule has 0 aliphatic heterocycles. The second kappa shape index (κ2) is 6.52. The molecule has 1 unspecified atom stereocenters. The number of anilines is 1. The van der Waals surface area contributed by atoms with Crippen molar-refractivity contribution in [1.29, 1.82) is 5.26 Å². The lowest BCUT2D eigenvalue weighted by atomic mass is 9.89. The number of amides is 1. The molecule has 5 nitrogen and oxygen atoms in total. The molecule has 0 saturated carbocycles. The van der Waals surface area contributed by atoms with Gasteiger partial charge < -0.3 is 9.73 Å². The van der Waals surface area contributed by atoms with Gasteiger partial charge in [0.1, 0.15) is 11.1 Å². The standard InChI is InChI=1S/C16H15N3O2S2/c1-9-4-5-10-11(8-17)15(23-13(10)7-9)19-16(22)18-14(20)12-3-2-6-21-12/h2-3,6,9H,4-5,7H2,1H3,(H2,18,19,20,22). The van der Waals surface area contributed by atoms with Crippen LogP contribution >= 0.6 is 23.6 Å². The van der Waals surface area contributed by atoms with Crippen LogP contribution < -0.4 is 10.6 Å². The lowest BCUT2D eigenvalue weighted by Gasteiger charge is -2.17. The lowest BCUT2D eigenvalue weighted by Crippen LogP contribution is -2.33. The van der Waals surface area contributed by atoms with Gasteiger partial charge in [0.05, 0.1) is 11.8 Å². The number of rotatable bonds is 2. The van der Waals surface area contributed by atoms with Gasteiger partial charge in [-0.25, -0.2) is 0 Å². The second-order valence-corrected chi connectivity index (χ2v) is 7.07. The van der Waals surface area contributed by atoms with Gasteiger partial charge in [0.15, 0.2) is 10.9 Å². The Morgan fingerprint density at radius 2 is 2.39 bits per heavy atom. The Morgan fingerprint density at radius 3 is 3.09 bits per heavy atom. The summed E-state index contributed by atoms with van der Waals surface area (Å²) < 4.78 is 5.02.